The first-order valence-corrected chi connectivity index (χ1v) is 8.93. The van der Waals surface area contributed by atoms with Crippen molar-refractivity contribution in [1.29, 1.82) is 0 Å². The summed E-state index contributed by atoms with van der Waals surface area (Å²) < 4.78 is 5.37. The smallest absolute Gasteiger partial charge is 0.191 e. The lowest BCUT2D eigenvalue weighted by Gasteiger charge is -2.27. The second-order valence-electron chi connectivity index (χ2n) is 6.04. The Bertz CT molecular complexity index is 318. The Hall–Kier alpha value is -0.120. The fourth-order valence-electron chi connectivity index (χ4n) is 2.99. The quantitative estimate of drug-likeness (QED) is 0.352. The van der Waals surface area contributed by atoms with Crippen molar-refractivity contribution in [2.75, 3.05) is 72.1 Å². The highest BCUT2D eigenvalue weighted by molar-refractivity contribution is 14.0. The number of piperidine rings is 1. The summed E-state index contributed by atoms with van der Waals surface area (Å²) >= 11 is 0. The van der Waals surface area contributed by atoms with Crippen LogP contribution in [0.4, 0.5) is 0 Å². The zero-order chi connectivity index (χ0) is 15.5. The third-order valence-electron chi connectivity index (χ3n) is 4.30. The van der Waals surface area contributed by atoms with Crippen LogP contribution in [0.15, 0.2) is 4.99 Å². The monoisotopic (exact) mass is 439 g/mol. The molecule has 2 heterocycles. The molecule has 0 spiro atoms. The molecule has 0 saturated carbocycles. The zero-order valence-corrected chi connectivity index (χ0v) is 16.9. The number of halogens is 1. The first-order valence-electron chi connectivity index (χ1n) is 8.93. The summed E-state index contributed by atoms with van der Waals surface area (Å²) in [4.78, 5) is 9.65. The maximum absolute atomic E-state index is 5.37. The van der Waals surface area contributed by atoms with Crippen LogP contribution < -0.4 is 10.6 Å². The summed E-state index contributed by atoms with van der Waals surface area (Å²) in [6.07, 6.45) is 4.11. The lowest BCUT2D eigenvalue weighted by atomic mass is 10.1. The van der Waals surface area contributed by atoms with Crippen molar-refractivity contribution in [3.05, 3.63) is 0 Å². The largest absolute Gasteiger partial charge is 0.379 e. The molecule has 0 amide bonds. The van der Waals surface area contributed by atoms with Gasteiger partial charge >= 0.3 is 0 Å². The molecule has 6 nitrogen and oxygen atoms in total. The van der Waals surface area contributed by atoms with E-state index in [-0.39, 0.29) is 24.0 Å². The molecule has 2 aliphatic rings. The van der Waals surface area contributed by atoms with Gasteiger partial charge < -0.3 is 20.3 Å². The summed E-state index contributed by atoms with van der Waals surface area (Å²) in [6, 6.07) is 0. The number of rotatable bonds is 7. The molecule has 2 fully saturated rings. The van der Waals surface area contributed by atoms with E-state index in [4.69, 9.17) is 4.74 Å². The van der Waals surface area contributed by atoms with E-state index in [2.05, 4.69) is 32.3 Å². The summed E-state index contributed by atoms with van der Waals surface area (Å²) in [6.45, 7) is 13.3. The second-order valence-corrected chi connectivity index (χ2v) is 6.04. The molecule has 0 radical (unpaired) electrons. The van der Waals surface area contributed by atoms with Crippen molar-refractivity contribution in [2.45, 2.75) is 26.2 Å². The maximum Gasteiger partial charge on any atom is 0.191 e. The number of likely N-dealkylation sites (tertiary alicyclic amines) is 1. The van der Waals surface area contributed by atoms with Gasteiger partial charge in [0.15, 0.2) is 5.96 Å². The van der Waals surface area contributed by atoms with E-state index < -0.39 is 0 Å². The van der Waals surface area contributed by atoms with Crippen LogP contribution in [0.1, 0.15) is 26.2 Å². The molecule has 136 valence electrons. The van der Waals surface area contributed by atoms with E-state index >= 15 is 0 Å². The summed E-state index contributed by atoms with van der Waals surface area (Å²) in [5.41, 5.74) is 0. The van der Waals surface area contributed by atoms with Gasteiger partial charge in [-0.25, -0.2) is 0 Å². The first-order chi connectivity index (χ1) is 10.9. The van der Waals surface area contributed by atoms with Gasteiger partial charge in [0, 0.05) is 39.3 Å². The summed E-state index contributed by atoms with van der Waals surface area (Å²) in [5.74, 6) is 0.952. The SMILES string of the molecule is CCNC(=NCCN1CCOCC1)NCCN1CCCCC1.I. The number of morpholine rings is 1. The molecule has 0 aliphatic carbocycles. The van der Waals surface area contributed by atoms with Crippen molar-refractivity contribution < 1.29 is 4.74 Å². The Morgan fingerprint density at radius 1 is 0.957 bits per heavy atom. The molecule has 7 heteroatoms. The van der Waals surface area contributed by atoms with Gasteiger partial charge in [0.25, 0.3) is 0 Å². The Labute approximate surface area is 158 Å². The highest BCUT2D eigenvalue weighted by Gasteiger charge is 2.10. The Morgan fingerprint density at radius 3 is 2.35 bits per heavy atom. The van der Waals surface area contributed by atoms with Crippen LogP contribution in [0, 0.1) is 0 Å². The number of nitrogens with zero attached hydrogens (tertiary/aromatic N) is 3. The van der Waals surface area contributed by atoms with E-state index in [0.717, 1.165) is 65.0 Å². The van der Waals surface area contributed by atoms with Gasteiger partial charge in [0.2, 0.25) is 0 Å². The highest BCUT2D eigenvalue weighted by Crippen LogP contribution is 2.07. The number of guanidine groups is 1. The van der Waals surface area contributed by atoms with Crippen LogP contribution in [0.3, 0.4) is 0 Å². The van der Waals surface area contributed by atoms with Crippen molar-refractivity contribution in [2.24, 2.45) is 4.99 Å². The van der Waals surface area contributed by atoms with E-state index in [1.165, 1.54) is 32.4 Å². The van der Waals surface area contributed by atoms with Crippen molar-refractivity contribution in [3.8, 4) is 0 Å². The van der Waals surface area contributed by atoms with Crippen molar-refractivity contribution >= 4 is 29.9 Å². The molecule has 0 aromatic rings. The number of aliphatic imine (C=N–C) groups is 1. The number of ether oxygens (including phenoxy) is 1. The molecule has 23 heavy (non-hydrogen) atoms. The molecule has 2 rings (SSSR count). The molecular weight excluding hydrogens is 405 g/mol. The third-order valence-corrected chi connectivity index (χ3v) is 4.30. The predicted molar refractivity (Wildman–Crippen MR) is 107 cm³/mol. The van der Waals surface area contributed by atoms with Crippen molar-refractivity contribution in [3.63, 3.8) is 0 Å². The van der Waals surface area contributed by atoms with Gasteiger partial charge in [0.05, 0.1) is 19.8 Å². The van der Waals surface area contributed by atoms with E-state index in [0.29, 0.717) is 0 Å². The Morgan fingerprint density at radius 2 is 1.65 bits per heavy atom. The summed E-state index contributed by atoms with van der Waals surface area (Å²) in [5, 5.41) is 6.79. The molecule has 0 unspecified atom stereocenters. The fraction of sp³-hybridized carbons (Fsp3) is 0.938. The summed E-state index contributed by atoms with van der Waals surface area (Å²) in [7, 11) is 0. The van der Waals surface area contributed by atoms with Crippen LogP contribution in [0.5, 0.6) is 0 Å². The minimum Gasteiger partial charge on any atom is -0.379 e. The molecular formula is C16H34IN5O. The lowest BCUT2D eigenvalue weighted by molar-refractivity contribution is 0.0394. The van der Waals surface area contributed by atoms with Crippen LogP contribution in [-0.2, 0) is 4.74 Å². The number of hydrogen-bond acceptors (Lipinski definition) is 4. The second kappa shape index (κ2) is 13.2. The van der Waals surface area contributed by atoms with Gasteiger partial charge in [-0.15, -0.1) is 24.0 Å². The molecule has 2 aliphatic heterocycles. The Kier molecular flexibility index (Phi) is 12.0. The van der Waals surface area contributed by atoms with Gasteiger partial charge in [-0.2, -0.15) is 0 Å². The van der Waals surface area contributed by atoms with Gasteiger partial charge in [-0.1, -0.05) is 6.42 Å². The normalized spacial score (nSPS) is 20.8. The van der Waals surface area contributed by atoms with Crippen LogP contribution in [-0.4, -0.2) is 87.9 Å². The zero-order valence-electron chi connectivity index (χ0n) is 14.6. The fourth-order valence-corrected chi connectivity index (χ4v) is 2.99. The first kappa shape index (κ1) is 20.9. The molecule has 0 atom stereocenters. The van der Waals surface area contributed by atoms with Gasteiger partial charge in [-0.3, -0.25) is 9.89 Å². The van der Waals surface area contributed by atoms with Gasteiger partial charge in [-0.05, 0) is 32.9 Å². The average molecular weight is 439 g/mol. The number of hydrogen-bond donors (Lipinski definition) is 2. The average Bonchev–Trinajstić information content (AvgIpc) is 2.57. The maximum atomic E-state index is 5.37. The minimum atomic E-state index is 0. The van der Waals surface area contributed by atoms with E-state index in [1.807, 2.05) is 0 Å². The Balaban J connectivity index is 0.00000264. The highest BCUT2D eigenvalue weighted by atomic mass is 127. The number of nitrogens with one attached hydrogen (secondary N) is 2. The lowest BCUT2D eigenvalue weighted by Crippen LogP contribution is -2.43. The minimum absolute atomic E-state index is 0. The van der Waals surface area contributed by atoms with Crippen LogP contribution >= 0.6 is 24.0 Å². The molecule has 0 bridgehead atoms. The van der Waals surface area contributed by atoms with E-state index in [1.54, 1.807) is 0 Å². The predicted octanol–water partition coefficient (Wildman–Crippen LogP) is 0.978. The van der Waals surface area contributed by atoms with Crippen LogP contribution in [0.25, 0.3) is 0 Å². The molecule has 0 aromatic carbocycles. The third kappa shape index (κ3) is 9.07. The van der Waals surface area contributed by atoms with Crippen molar-refractivity contribution in [1.82, 2.24) is 20.4 Å². The van der Waals surface area contributed by atoms with Crippen LogP contribution in [0.2, 0.25) is 0 Å². The van der Waals surface area contributed by atoms with E-state index in [9.17, 15) is 0 Å². The molecule has 2 saturated heterocycles. The molecule has 0 aromatic heterocycles. The topological polar surface area (TPSA) is 52.1 Å². The molecule has 2 N–H and O–H groups in total. The van der Waals surface area contributed by atoms with Gasteiger partial charge in [0.1, 0.15) is 0 Å². The standard InChI is InChI=1S/C16H33N5O.HI/c1-2-17-16(18-6-10-20-8-4-3-5-9-20)19-7-11-21-12-14-22-15-13-21;/h2-15H2,1H3,(H2,17,18,19);1H.